The van der Waals surface area contributed by atoms with E-state index in [2.05, 4.69) is 10.3 Å². The molecule has 0 atom stereocenters. The third-order valence-electron chi connectivity index (χ3n) is 3.29. The predicted octanol–water partition coefficient (Wildman–Crippen LogP) is 3.63. The minimum absolute atomic E-state index is 0.0796. The number of amides is 1. The van der Waals surface area contributed by atoms with Crippen molar-refractivity contribution in [2.75, 3.05) is 5.32 Å². The molecule has 1 aromatic heterocycles. The maximum atomic E-state index is 12.3. The Balaban J connectivity index is 1.91. The lowest BCUT2D eigenvalue weighted by Crippen LogP contribution is -2.14. The molecule has 4 nitrogen and oxygen atoms in total. The van der Waals surface area contributed by atoms with Crippen molar-refractivity contribution in [3.05, 3.63) is 71.0 Å². The number of anilines is 1. The molecule has 0 saturated carbocycles. The zero-order valence-electron chi connectivity index (χ0n) is 11.6. The minimum atomic E-state index is -0.345. The predicted molar refractivity (Wildman–Crippen MR) is 87.1 cm³/mol. The maximum absolute atomic E-state index is 12.3. The van der Waals surface area contributed by atoms with Crippen molar-refractivity contribution in [3.63, 3.8) is 0 Å². The van der Waals surface area contributed by atoms with Crippen LogP contribution in [-0.4, -0.2) is 16.0 Å². The summed E-state index contributed by atoms with van der Waals surface area (Å²) in [4.78, 5) is 16.5. The summed E-state index contributed by atoms with van der Waals surface area (Å²) in [5, 5.41) is 13.8. The van der Waals surface area contributed by atoms with Gasteiger partial charge in [-0.15, -0.1) is 0 Å². The van der Waals surface area contributed by atoms with Gasteiger partial charge in [0, 0.05) is 11.1 Å². The van der Waals surface area contributed by atoms with Crippen LogP contribution in [0.5, 0.6) is 0 Å². The number of fused-ring (bicyclic) bond motifs is 1. The molecule has 0 aliphatic carbocycles. The Labute approximate surface area is 132 Å². The van der Waals surface area contributed by atoms with Gasteiger partial charge >= 0.3 is 0 Å². The lowest BCUT2D eigenvalue weighted by atomic mass is 10.1. The number of carbonyl (C=O) groups is 1. The average molecular weight is 313 g/mol. The van der Waals surface area contributed by atoms with Crippen LogP contribution in [0.1, 0.15) is 16.1 Å². The fraction of sp³-hybridized carbons (Fsp3) is 0.0588. The van der Waals surface area contributed by atoms with Crippen LogP contribution in [0.3, 0.4) is 0 Å². The number of benzene rings is 2. The number of nitrogens with one attached hydrogen (secondary N) is 1. The van der Waals surface area contributed by atoms with Crippen molar-refractivity contribution in [2.24, 2.45) is 0 Å². The fourth-order valence-corrected chi connectivity index (χ4v) is 2.48. The number of halogens is 1. The molecule has 3 aromatic rings. The van der Waals surface area contributed by atoms with Crippen LogP contribution in [0.2, 0.25) is 5.15 Å². The normalized spacial score (nSPS) is 10.6. The van der Waals surface area contributed by atoms with E-state index in [1.165, 1.54) is 0 Å². The molecule has 2 N–H and O–H groups in total. The first-order valence-electron chi connectivity index (χ1n) is 6.74. The molecule has 0 aliphatic rings. The molecule has 110 valence electrons. The van der Waals surface area contributed by atoms with Gasteiger partial charge in [0.15, 0.2) is 0 Å². The molecule has 0 unspecified atom stereocenters. The molecule has 0 fully saturated rings. The molecular formula is C17H13ClN2O2. The van der Waals surface area contributed by atoms with Crippen LogP contribution in [0.25, 0.3) is 10.8 Å². The highest BCUT2D eigenvalue weighted by Gasteiger charge is 2.11. The van der Waals surface area contributed by atoms with E-state index < -0.39 is 0 Å². The Hall–Kier alpha value is -2.43. The van der Waals surface area contributed by atoms with Gasteiger partial charge in [0.25, 0.3) is 5.91 Å². The second kappa shape index (κ2) is 6.13. The largest absolute Gasteiger partial charge is 0.392 e. The fourth-order valence-electron chi connectivity index (χ4n) is 2.22. The first-order chi connectivity index (χ1) is 10.7. The number of carbonyl (C=O) groups excluding carboxylic acids is 1. The van der Waals surface area contributed by atoms with E-state index in [-0.39, 0.29) is 18.2 Å². The SMILES string of the molecule is O=C(Nc1cccc(CO)c1)c1cc2ccccc2c(Cl)n1. The lowest BCUT2D eigenvalue weighted by molar-refractivity contribution is 0.102. The van der Waals surface area contributed by atoms with Gasteiger partial charge in [-0.05, 0) is 29.1 Å². The zero-order valence-corrected chi connectivity index (χ0v) is 12.3. The number of pyridine rings is 1. The average Bonchev–Trinajstić information content (AvgIpc) is 2.55. The Morgan fingerprint density at radius 3 is 2.77 bits per heavy atom. The molecule has 0 bridgehead atoms. The van der Waals surface area contributed by atoms with Gasteiger partial charge in [0.2, 0.25) is 0 Å². The summed E-state index contributed by atoms with van der Waals surface area (Å²) in [5.41, 5.74) is 1.57. The molecule has 22 heavy (non-hydrogen) atoms. The summed E-state index contributed by atoms with van der Waals surface area (Å²) in [6.07, 6.45) is 0. The molecule has 2 aromatic carbocycles. The van der Waals surface area contributed by atoms with Gasteiger partial charge in [-0.2, -0.15) is 0 Å². The third-order valence-corrected chi connectivity index (χ3v) is 3.58. The quantitative estimate of drug-likeness (QED) is 0.726. The van der Waals surface area contributed by atoms with Gasteiger partial charge < -0.3 is 10.4 Å². The van der Waals surface area contributed by atoms with Crippen LogP contribution >= 0.6 is 11.6 Å². The molecule has 0 spiro atoms. The summed E-state index contributed by atoms with van der Waals surface area (Å²) in [7, 11) is 0. The van der Waals surface area contributed by atoms with Crippen molar-refractivity contribution in [1.82, 2.24) is 4.98 Å². The molecule has 0 aliphatic heterocycles. The summed E-state index contributed by atoms with van der Waals surface area (Å²) in [6, 6.07) is 16.2. The van der Waals surface area contributed by atoms with E-state index in [1.54, 1.807) is 30.3 Å². The number of aliphatic hydroxyl groups excluding tert-OH is 1. The summed E-state index contributed by atoms with van der Waals surface area (Å²) < 4.78 is 0. The molecule has 0 radical (unpaired) electrons. The monoisotopic (exact) mass is 312 g/mol. The van der Waals surface area contributed by atoms with Gasteiger partial charge in [0.1, 0.15) is 10.8 Å². The van der Waals surface area contributed by atoms with Crippen molar-refractivity contribution < 1.29 is 9.90 Å². The van der Waals surface area contributed by atoms with Crippen LogP contribution in [0, 0.1) is 0 Å². The number of aliphatic hydroxyl groups is 1. The second-order valence-electron chi connectivity index (χ2n) is 4.83. The van der Waals surface area contributed by atoms with Crippen LogP contribution < -0.4 is 5.32 Å². The highest BCUT2D eigenvalue weighted by atomic mass is 35.5. The molecule has 3 rings (SSSR count). The highest BCUT2D eigenvalue weighted by molar-refractivity contribution is 6.34. The first kappa shape index (κ1) is 14.5. The van der Waals surface area contributed by atoms with E-state index in [0.717, 1.165) is 16.3 Å². The summed E-state index contributed by atoms with van der Waals surface area (Å²) in [6.45, 7) is -0.0796. The number of aromatic nitrogens is 1. The molecular weight excluding hydrogens is 300 g/mol. The Kier molecular flexibility index (Phi) is 4.04. The van der Waals surface area contributed by atoms with Crippen LogP contribution in [0.4, 0.5) is 5.69 Å². The third kappa shape index (κ3) is 2.93. The van der Waals surface area contributed by atoms with Crippen molar-refractivity contribution in [2.45, 2.75) is 6.61 Å². The Bertz CT molecular complexity index is 849. The van der Waals surface area contributed by atoms with E-state index in [9.17, 15) is 4.79 Å². The Morgan fingerprint density at radius 1 is 1.14 bits per heavy atom. The second-order valence-corrected chi connectivity index (χ2v) is 5.19. The van der Waals surface area contributed by atoms with E-state index in [4.69, 9.17) is 16.7 Å². The molecule has 0 saturated heterocycles. The van der Waals surface area contributed by atoms with Crippen molar-refractivity contribution >= 4 is 34.0 Å². The number of hydrogen-bond donors (Lipinski definition) is 2. The van der Waals surface area contributed by atoms with E-state index >= 15 is 0 Å². The molecule has 1 heterocycles. The minimum Gasteiger partial charge on any atom is -0.392 e. The number of nitrogens with zero attached hydrogens (tertiary/aromatic N) is 1. The van der Waals surface area contributed by atoms with Crippen molar-refractivity contribution in [1.29, 1.82) is 0 Å². The van der Waals surface area contributed by atoms with E-state index in [1.807, 2.05) is 24.3 Å². The summed E-state index contributed by atoms with van der Waals surface area (Å²) in [5.74, 6) is -0.345. The standard InChI is InChI=1S/C17H13ClN2O2/c18-16-14-7-2-1-5-12(14)9-15(20-16)17(22)19-13-6-3-4-11(8-13)10-21/h1-9,21H,10H2,(H,19,22). The van der Waals surface area contributed by atoms with Crippen LogP contribution in [-0.2, 0) is 6.61 Å². The van der Waals surface area contributed by atoms with Crippen molar-refractivity contribution in [3.8, 4) is 0 Å². The Morgan fingerprint density at radius 2 is 1.95 bits per heavy atom. The topological polar surface area (TPSA) is 62.2 Å². The smallest absolute Gasteiger partial charge is 0.274 e. The zero-order chi connectivity index (χ0) is 15.5. The van der Waals surface area contributed by atoms with Gasteiger partial charge in [0.05, 0.1) is 6.61 Å². The molecule has 5 heteroatoms. The number of hydrogen-bond acceptors (Lipinski definition) is 3. The van der Waals surface area contributed by atoms with Gasteiger partial charge in [-0.25, -0.2) is 4.98 Å². The summed E-state index contributed by atoms with van der Waals surface area (Å²) >= 11 is 6.13. The number of rotatable bonds is 3. The highest BCUT2D eigenvalue weighted by Crippen LogP contribution is 2.23. The lowest BCUT2D eigenvalue weighted by Gasteiger charge is -2.08. The van der Waals surface area contributed by atoms with Crippen LogP contribution in [0.15, 0.2) is 54.6 Å². The molecule has 1 amide bonds. The van der Waals surface area contributed by atoms with E-state index in [0.29, 0.717) is 10.8 Å². The van der Waals surface area contributed by atoms with Gasteiger partial charge in [-0.3, -0.25) is 4.79 Å². The van der Waals surface area contributed by atoms with Gasteiger partial charge in [-0.1, -0.05) is 48.0 Å². The first-order valence-corrected chi connectivity index (χ1v) is 7.11. The maximum Gasteiger partial charge on any atom is 0.274 e.